The predicted octanol–water partition coefficient (Wildman–Crippen LogP) is 6.74. The van der Waals surface area contributed by atoms with Gasteiger partial charge < -0.3 is 9.88 Å². The Hall–Kier alpha value is -3.93. The van der Waals surface area contributed by atoms with Crippen LogP contribution in [0.5, 0.6) is 0 Å². The minimum atomic E-state index is 0.393. The van der Waals surface area contributed by atoms with Gasteiger partial charge in [0.05, 0.1) is 23.2 Å². The van der Waals surface area contributed by atoms with E-state index < -0.39 is 0 Å². The highest BCUT2D eigenvalue weighted by molar-refractivity contribution is 5.95. The van der Waals surface area contributed by atoms with Crippen molar-refractivity contribution in [1.82, 2.24) is 24.3 Å². The van der Waals surface area contributed by atoms with Gasteiger partial charge in [0.15, 0.2) is 0 Å². The van der Waals surface area contributed by atoms with E-state index in [9.17, 15) is 0 Å². The number of rotatable bonds is 7. The molecule has 0 spiro atoms. The molecule has 0 atom stereocenters. The number of hydrogen-bond donors (Lipinski definition) is 1. The van der Waals surface area contributed by atoms with E-state index >= 15 is 0 Å². The molecule has 0 fully saturated rings. The summed E-state index contributed by atoms with van der Waals surface area (Å²) in [6, 6.07) is 19.2. The van der Waals surface area contributed by atoms with Crippen molar-refractivity contribution in [3.63, 3.8) is 0 Å². The van der Waals surface area contributed by atoms with Gasteiger partial charge in [-0.25, -0.2) is 14.6 Å². The van der Waals surface area contributed by atoms with E-state index in [4.69, 9.17) is 9.97 Å². The molecule has 0 unspecified atom stereocenters. The summed E-state index contributed by atoms with van der Waals surface area (Å²) < 4.78 is 4.10. The van der Waals surface area contributed by atoms with Crippen molar-refractivity contribution >= 4 is 16.9 Å². The number of nitrogens with one attached hydrogen (secondary N) is 1. The normalized spacial score (nSPS) is 11.5. The van der Waals surface area contributed by atoms with Crippen molar-refractivity contribution in [3.05, 3.63) is 89.0 Å². The Morgan fingerprint density at radius 2 is 1.75 bits per heavy atom. The number of aryl methyl sites for hydroxylation is 4. The molecule has 5 rings (SSSR count). The van der Waals surface area contributed by atoms with Crippen LogP contribution in [0.15, 0.2) is 60.9 Å². The highest BCUT2D eigenvalue weighted by atomic mass is 15.3. The second kappa shape index (κ2) is 9.61. The van der Waals surface area contributed by atoms with Crippen LogP contribution in [0.4, 0.5) is 5.82 Å². The Kier molecular flexibility index (Phi) is 6.35. The van der Waals surface area contributed by atoms with Gasteiger partial charge in [-0.2, -0.15) is 5.10 Å². The van der Waals surface area contributed by atoms with Crippen molar-refractivity contribution in [3.8, 4) is 16.9 Å². The number of pyridine rings is 1. The molecule has 3 heterocycles. The fourth-order valence-corrected chi connectivity index (χ4v) is 5.02. The molecule has 6 heteroatoms. The molecule has 0 saturated carbocycles. The monoisotopic (exact) mass is 478 g/mol. The molecule has 0 saturated heterocycles. The third-order valence-electron chi connectivity index (χ3n) is 6.80. The Bertz CT molecular complexity index is 1520. The fraction of sp³-hybridized carbons (Fsp3) is 0.300. The zero-order valence-corrected chi connectivity index (χ0v) is 22.0. The van der Waals surface area contributed by atoms with E-state index in [-0.39, 0.29) is 0 Å². The van der Waals surface area contributed by atoms with Gasteiger partial charge >= 0.3 is 0 Å². The first kappa shape index (κ1) is 23.8. The molecule has 0 aliphatic carbocycles. The summed E-state index contributed by atoms with van der Waals surface area (Å²) in [5.41, 5.74) is 11.1. The molecular formula is C30H34N6. The maximum absolute atomic E-state index is 5.19. The lowest BCUT2D eigenvalue weighted by molar-refractivity contribution is 0.833. The number of fused-ring (bicyclic) bond motifs is 1. The standard InChI is InChI=1S/C30H34N6/c1-7-24-29-28(32-18-35(29)6)27(26-11-9-8-10-25(26)19(2)3)33-30(24)31-17-22-12-14-23(15-13-22)36-21(5)16-20(4)34-36/h8-16,18-19H,7,17H2,1-6H3,(H,31,33). The van der Waals surface area contributed by atoms with E-state index in [0.29, 0.717) is 12.5 Å². The number of hydrogen-bond acceptors (Lipinski definition) is 4. The summed E-state index contributed by atoms with van der Waals surface area (Å²) in [6.07, 6.45) is 2.77. The predicted molar refractivity (Wildman–Crippen MR) is 148 cm³/mol. The van der Waals surface area contributed by atoms with Crippen molar-refractivity contribution in [2.24, 2.45) is 7.05 Å². The van der Waals surface area contributed by atoms with Crippen LogP contribution in [-0.2, 0) is 20.0 Å². The summed E-state index contributed by atoms with van der Waals surface area (Å²) in [5, 5.41) is 8.25. The molecule has 5 aromatic rings. The molecule has 0 bridgehead atoms. The van der Waals surface area contributed by atoms with Gasteiger partial charge in [0.2, 0.25) is 0 Å². The molecule has 36 heavy (non-hydrogen) atoms. The lowest BCUT2D eigenvalue weighted by Crippen LogP contribution is -2.08. The zero-order chi connectivity index (χ0) is 25.4. The van der Waals surface area contributed by atoms with Crippen molar-refractivity contribution in [2.75, 3.05) is 5.32 Å². The van der Waals surface area contributed by atoms with Crippen LogP contribution in [0.25, 0.3) is 28.0 Å². The Labute approximate surface area is 213 Å². The average Bonchev–Trinajstić information content (AvgIpc) is 3.43. The van der Waals surface area contributed by atoms with Crippen LogP contribution in [-0.4, -0.2) is 24.3 Å². The van der Waals surface area contributed by atoms with E-state index in [1.807, 2.05) is 17.9 Å². The minimum absolute atomic E-state index is 0.393. The molecule has 1 N–H and O–H groups in total. The van der Waals surface area contributed by atoms with Gasteiger partial charge in [-0.1, -0.05) is 57.2 Å². The molecular weight excluding hydrogens is 444 g/mol. The summed E-state index contributed by atoms with van der Waals surface area (Å²) in [7, 11) is 2.06. The van der Waals surface area contributed by atoms with Crippen molar-refractivity contribution in [2.45, 2.75) is 53.5 Å². The van der Waals surface area contributed by atoms with Crippen molar-refractivity contribution < 1.29 is 0 Å². The van der Waals surface area contributed by atoms with Gasteiger partial charge in [-0.15, -0.1) is 0 Å². The average molecular weight is 479 g/mol. The number of anilines is 1. The van der Waals surface area contributed by atoms with Crippen LogP contribution >= 0.6 is 0 Å². The minimum Gasteiger partial charge on any atom is -0.366 e. The van der Waals surface area contributed by atoms with Crippen molar-refractivity contribution in [1.29, 1.82) is 0 Å². The lowest BCUT2D eigenvalue weighted by atomic mass is 9.94. The largest absolute Gasteiger partial charge is 0.366 e. The summed E-state index contributed by atoms with van der Waals surface area (Å²) in [5.74, 6) is 1.31. The van der Waals surface area contributed by atoms with Crippen LogP contribution in [0.1, 0.15) is 54.8 Å². The molecule has 0 aliphatic rings. The lowest BCUT2D eigenvalue weighted by Gasteiger charge is -2.17. The second-order valence-electron chi connectivity index (χ2n) is 9.79. The van der Waals surface area contributed by atoms with Crippen LogP contribution in [0.2, 0.25) is 0 Å². The summed E-state index contributed by atoms with van der Waals surface area (Å²) in [6.45, 7) is 11.4. The van der Waals surface area contributed by atoms with Crippen LogP contribution in [0, 0.1) is 13.8 Å². The molecule has 0 radical (unpaired) electrons. The Morgan fingerprint density at radius 1 is 1.00 bits per heavy atom. The first-order chi connectivity index (χ1) is 17.4. The molecule has 0 aliphatic heterocycles. The zero-order valence-electron chi connectivity index (χ0n) is 22.0. The van der Waals surface area contributed by atoms with Crippen LogP contribution in [0.3, 0.4) is 0 Å². The van der Waals surface area contributed by atoms with Gasteiger partial charge in [-0.05, 0) is 55.5 Å². The number of imidazole rings is 1. The maximum Gasteiger partial charge on any atom is 0.132 e. The highest BCUT2D eigenvalue weighted by Gasteiger charge is 2.20. The summed E-state index contributed by atoms with van der Waals surface area (Å²) >= 11 is 0. The van der Waals surface area contributed by atoms with E-state index in [0.717, 1.165) is 51.6 Å². The number of benzene rings is 2. The van der Waals surface area contributed by atoms with Crippen LogP contribution < -0.4 is 5.32 Å². The topological polar surface area (TPSA) is 60.6 Å². The Morgan fingerprint density at radius 3 is 2.42 bits per heavy atom. The quantitative estimate of drug-likeness (QED) is 0.281. The fourth-order valence-electron chi connectivity index (χ4n) is 5.02. The molecule has 6 nitrogen and oxygen atoms in total. The number of aromatic nitrogens is 5. The first-order valence-corrected chi connectivity index (χ1v) is 12.7. The van der Waals surface area contributed by atoms with Gasteiger partial charge in [-0.3, -0.25) is 0 Å². The third kappa shape index (κ3) is 4.28. The van der Waals surface area contributed by atoms with E-state index in [1.165, 1.54) is 16.7 Å². The van der Waals surface area contributed by atoms with Gasteiger partial charge in [0, 0.05) is 30.4 Å². The van der Waals surface area contributed by atoms with E-state index in [2.05, 4.69) is 104 Å². The molecule has 2 aromatic carbocycles. The summed E-state index contributed by atoms with van der Waals surface area (Å²) in [4.78, 5) is 9.97. The Balaban J connectivity index is 1.52. The van der Waals surface area contributed by atoms with Gasteiger partial charge in [0.25, 0.3) is 0 Å². The molecule has 184 valence electrons. The first-order valence-electron chi connectivity index (χ1n) is 12.7. The highest BCUT2D eigenvalue weighted by Crippen LogP contribution is 2.36. The molecule has 3 aromatic heterocycles. The third-order valence-corrected chi connectivity index (χ3v) is 6.80. The molecule has 0 amide bonds. The number of nitrogens with zero attached hydrogens (tertiary/aromatic N) is 5. The second-order valence-corrected chi connectivity index (χ2v) is 9.79. The smallest absolute Gasteiger partial charge is 0.132 e. The van der Waals surface area contributed by atoms with Gasteiger partial charge in [0.1, 0.15) is 17.0 Å². The van der Waals surface area contributed by atoms with E-state index in [1.54, 1.807) is 0 Å². The maximum atomic E-state index is 5.19. The SMILES string of the molecule is CCc1c(NCc2ccc(-n3nc(C)cc3C)cc2)nc(-c2ccccc2C(C)C)c2ncn(C)c12.